The second kappa shape index (κ2) is 14.3. The normalized spacial score (nSPS) is 20.4. The Hall–Kier alpha value is -2.91. The number of amides is 2. The number of pyridine rings is 1. The van der Waals surface area contributed by atoms with Gasteiger partial charge in [0.15, 0.2) is 0 Å². The molecule has 4 rings (SSSR count). The smallest absolute Gasteiger partial charge is 0.404 e. The average molecular weight is 526 g/mol. The summed E-state index contributed by atoms with van der Waals surface area (Å²) in [7, 11) is 1.73. The average Bonchev–Trinajstić information content (AvgIpc) is 2.95. The van der Waals surface area contributed by atoms with Crippen molar-refractivity contribution in [2.45, 2.75) is 44.9 Å². The molecule has 2 fully saturated rings. The first-order chi connectivity index (χ1) is 18.5. The summed E-state index contributed by atoms with van der Waals surface area (Å²) < 4.78 is 5.10. The standard InChI is InChI=1S/C29H43N5O4/c1-38-17-14-30-13-10-21-11-15-34(16-12-21)27-18-25(24-4-2-3-5-26(24)33-27)28(35)31-19-22-6-8-23(9-7-22)20-32-29(36)37/h2-5,18,21-23,30,32H,6-17,19-20H2,1H3,(H,31,35)(H,36,37)/t22-,23-. The lowest BCUT2D eigenvalue weighted by Crippen LogP contribution is -2.36. The number of para-hydroxylation sites is 1. The molecular formula is C29H43N5O4. The lowest BCUT2D eigenvalue weighted by atomic mass is 9.82. The van der Waals surface area contributed by atoms with E-state index in [4.69, 9.17) is 14.8 Å². The molecule has 2 heterocycles. The van der Waals surface area contributed by atoms with E-state index in [0.29, 0.717) is 36.4 Å². The number of anilines is 1. The van der Waals surface area contributed by atoms with Crippen LogP contribution in [0.5, 0.6) is 0 Å². The number of carboxylic acid groups (broad SMARTS) is 1. The fraction of sp³-hybridized carbons (Fsp3) is 0.621. The van der Waals surface area contributed by atoms with Gasteiger partial charge in [0.05, 0.1) is 17.7 Å². The molecule has 0 unspecified atom stereocenters. The van der Waals surface area contributed by atoms with Gasteiger partial charge >= 0.3 is 6.09 Å². The highest BCUT2D eigenvalue weighted by Crippen LogP contribution is 2.29. The van der Waals surface area contributed by atoms with E-state index in [-0.39, 0.29) is 5.91 Å². The number of nitrogens with zero attached hydrogens (tertiary/aromatic N) is 2. The summed E-state index contributed by atoms with van der Waals surface area (Å²) in [5.74, 6) is 2.37. The second-order valence-corrected chi connectivity index (χ2v) is 10.8. The minimum atomic E-state index is -0.960. The predicted octanol–water partition coefficient (Wildman–Crippen LogP) is 3.88. The molecule has 0 radical (unpaired) electrons. The fourth-order valence-corrected chi connectivity index (χ4v) is 5.77. The van der Waals surface area contributed by atoms with Crippen molar-refractivity contribution in [3.05, 3.63) is 35.9 Å². The molecule has 0 bridgehead atoms. The van der Waals surface area contributed by atoms with E-state index in [2.05, 4.69) is 20.9 Å². The topological polar surface area (TPSA) is 116 Å². The summed E-state index contributed by atoms with van der Waals surface area (Å²) >= 11 is 0. The molecule has 1 saturated carbocycles. The molecule has 1 saturated heterocycles. The number of methoxy groups -OCH3 is 1. The van der Waals surface area contributed by atoms with Crippen LogP contribution in [0.15, 0.2) is 30.3 Å². The number of hydrogen-bond acceptors (Lipinski definition) is 6. The van der Waals surface area contributed by atoms with Gasteiger partial charge in [0.25, 0.3) is 5.91 Å². The van der Waals surface area contributed by atoms with E-state index >= 15 is 0 Å². The van der Waals surface area contributed by atoms with Gasteiger partial charge in [-0.1, -0.05) is 18.2 Å². The van der Waals surface area contributed by atoms with Gasteiger partial charge in [0, 0.05) is 45.2 Å². The number of nitrogens with one attached hydrogen (secondary N) is 3. The highest BCUT2D eigenvalue weighted by Gasteiger charge is 2.24. The molecule has 38 heavy (non-hydrogen) atoms. The monoisotopic (exact) mass is 525 g/mol. The number of ether oxygens (including phenoxy) is 1. The van der Waals surface area contributed by atoms with Gasteiger partial charge in [-0.3, -0.25) is 4.79 Å². The van der Waals surface area contributed by atoms with Crippen molar-refractivity contribution in [2.75, 3.05) is 57.9 Å². The van der Waals surface area contributed by atoms with E-state index in [0.717, 1.165) is 88.0 Å². The Labute approximate surface area is 225 Å². The van der Waals surface area contributed by atoms with Crippen molar-refractivity contribution >= 4 is 28.7 Å². The summed E-state index contributed by atoms with van der Waals surface area (Å²) in [5.41, 5.74) is 1.54. The Balaban J connectivity index is 1.32. The molecule has 1 aliphatic carbocycles. The molecule has 208 valence electrons. The first kappa shape index (κ1) is 28.1. The zero-order valence-electron chi connectivity index (χ0n) is 22.6. The number of aromatic nitrogens is 1. The first-order valence-corrected chi connectivity index (χ1v) is 14.1. The Bertz CT molecular complexity index is 1050. The van der Waals surface area contributed by atoms with Gasteiger partial charge in [-0.15, -0.1) is 0 Å². The van der Waals surface area contributed by atoms with Crippen LogP contribution in [0.25, 0.3) is 10.9 Å². The van der Waals surface area contributed by atoms with Crippen LogP contribution >= 0.6 is 0 Å². The van der Waals surface area contributed by atoms with Crippen molar-refractivity contribution in [2.24, 2.45) is 17.8 Å². The van der Waals surface area contributed by atoms with E-state index in [1.165, 1.54) is 6.42 Å². The third kappa shape index (κ3) is 8.04. The number of piperidine rings is 1. The summed E-state index contributed by atoms with van der Waals surface area (Å²) in [4.78, 5) is 31.4. The quantitative estimate of drug-likeness (QED) is 0.311. The molecule has 9 nitrogen and oxygen atoms in total. The molecular weight excluding hydrogens is 482 g/mol. The number of rotatable bonds is 12. The van der Waals surface area contributed by atoms with Crippen LogP contribution in [-0.4, -0.2) is 75.1 Å². The molecule has 1 aliphatic heterocycles. The SMILES string of the molecule is COCCNCCC1CCN(c2cc(C(=O)NC[C@H]3CC[C@H](CNC(=O)O)CC3)c3ccccc3n2)CC1. The molecule has 9 heteroatoms. The summed E-state index contributed by atoms with van der Waals surface area (Å²) in [6, 6.07) is 9.87. The van der Waals surface area contributed by atoms with Crippen molar-refractivity contribution in [3.63, 3.8) is 0 Å². The van der Waals surface area contributed by atoms with Crippen LogP contribution in [-0.2, 0) is 4.74 Å². The van der Waals surface area contributed by atoms with Crippen LogP contribution in [0.3, 0.4) is 0 Å². The van der Waals surface area contributed by atoms with Crippen molar-refractivity contribution < 1.29 is 19.4 Å². The molecule has 2 aliphatic rings. The van der Waals surface area contributed by atoms with Crippen molar-refractivity contribution in [1.29, 1.82) is 0 Å². The molecule has 2 amide bonds. The summed E-state index contributed by atoms with van der Waals surface area (Å²) in [5, 5.41) is 18.8. The summed E-state index contributed by atoms with van der Waals surface area (Å²) in [6.07, 6.45) is 6.47. The van der Waals surface area contributed by atoms with Crippen molar-refractivity contribution in [3.8, 4) is 0 Å². The molecule has 2 aromatic rings. The highest BCUT2D eigenvalue weighted by atomic mass is 16.5. The van der Waals surface area contributed by atoms with Gasteiger partial charge in [0.2, 0.25) is 0 Å². The zero-order chi connectivity index (χ0) is 26.7. The molecule has 1 aromatic carbocycles. The zero-order valence-corrected chi connectivity index (χ0v) is 22.6. The number of fused-ring (bicyclic) bond motifs is 1. The van der Waals surface area contributed by atoms with Gasteiger partial charge in [-0.2, -0.15) is 0 Å². The minimum Gasteiger partial charge on any atom is -0.465 e. The van der Waals surface area contributed by atoms with E-state index in [1.807, 2.05) is 30.3 Å². The highest BCUT2D eigenvalue weighted by molar-refractivity contribution is 6.07. The third-order valence-electron chi connectivity index (χ3n) is 8.16. The van der Waals surface area contributed by atoms with Crippen LogP contribution in [0, 0.1) is 17.8 Å². The third-order valence-corrected chi connectivity index (χ3v) is 8.16. The maximum Gasteiger partial charge on any atom is 0.404 e. The van der Waals surface area contributed by atoms with Gasteiger partial charge in [-0.25, -0.2) is 9.78 Å². The summed E-state index contributed by atoms with van der Waals surface area (Å²) in [6.45, 7) is 5.73. The Morgan fingerprint density at radius 2 is 1.66 bits per heavy atom. The van der Waals surface area contributed by atoms with E-state index in [1.54, 1.807) is 7.11 Å². The van der Waals surface area contributed by atoms with Crippen LogP contribution in [0.4, 0.5) is 10.6 Å². The first-order valence-electron chi connectivity index (χ1n) is 14.1. The lowest BCUT2D eigenvalue weighted by molar-refractivity contribution is 0.0942. The van der Waals surface area contributed by atoms with Gasteiger partial charge in [-0.05, 0) is 81.4 Å². The fourth-order valence-electron chi connectivity index (χ4n) is 5.77. The molecule has 0 spiro atoms. The molecule has 1 aromatic heterocycles. The second-order valence-electron chi connectivity index (χ2n) is 10.8. The molecule has 0 atom stereocenters. The predicted molar refractivity (Wildman–Crippen MR) is 150 cm³/mol. The molecule has 4 N–H and O–H groups in total. The maximum atomic E-state index is 13.4. The van der Waals surface area contributed by atoms with Gasteiger partial charge in [0.1, 0.15) is 5.82 Å². The number of carbonyl (C=O) groups excluding carboxylic acids is 1. The van der Waals surface area contributed by atoms with E-state index in [9.17, 15) is 9.59 Å². The minimum absolute atomic E-state index is 0.0449. The van der Waals surface area contributed by atoms with Crippen LogP contribution in [0.2, 0.25) is 0 Å². The largest absolute Gasteiger partial charge is 0.465 e. The lowest BCUT2D eigenvalue weighted by Gasteiger charge is -2.33. The van der Waals surface area contributed by atoms with Gasteiger partial charge < -0.3 is 30.7 Å². The number of carbonyl (C=O) groups is 2. The number of benzene rings is 1. The Morgan fingerprint density at radius 1 is 0.974 bits per heavy atom. The van der Waals surface area contributed by atoms with E-state index < -0.39 is 6.09 Å². The van der Waals surface area contributed by atoms with Crippen LogP contribution < -0.4 is 20.9 Å². The maximum absolute atomic E-state index is 13.4. The van der Waals surface area contributed by atoms with Crippen LogP contribution in [0.1, 0.15) is 55.3 Å². The Morgan fingerprint density at radius 3 is 2.34 bits per heavy atom. The number of hydrogen-bond donors (Lipinski definition) is 4. The van der Waals surface area contributed by atoms with Crippen molar-refractivity contribution in [1.82, 2.24) is 20.9 Å². The Kier molecular flexibility index (Phi) is 10.6.